The van der Waals surface area contributed by atoms with Gasteiger partial charge in [-0.05, 0) is 49.1 Å². The van der Waals surface area contributed by atoms with Crippen LogP contribution < -0.4 is 16.0 Å². The first-order valence-corrected chi connectivity index (χ1v) is 12.2. The number of nitrogens with one attached hydrogen (secondary N) is 4. The standard InChI is InChI=1S/C28H25ClN4O4/c29-21-6-7-23-20(13-21)15-25(32-23)28(37)33-24(12-18-4-2-1-3-5-18)27(17-36)31-22(9-11-34)14-19-8-10-30-26(19)16-35/h1-7,9,13,15,19,22,24,30-32H,8,10,12,14H2,(H,33,37)/t19-,22+,24-/m0/s1. The second-order valence-corrected chi connectivity index (χ2v) is 9.28. The number of hydrogen-bond acceptors (Lipinski definition) is 6. The molecule has 8 nitrogen and oxygen atoms in total. The molecule has 3 aromatic rings. The molecule has 2 heterocycles. The van der Waals surface area contributed by atoms with Gasteiger partial charge in [0, 0.05) is 34.5 Å². The van der Waals surface area contributed by atoms with Crippen molar-refractivity contribution >= 4 is 46.2 Å². The van der Waals surface area contributed by atoms with Crippen molar-refractivity contribution in [3.8, 4) is 0 Å². The third kappa shape index (κ3) is 6.47. The van der Waals surface area contributed by atoms with Gasteiger partial charge < -0.3 is 20.9 Å². The first-order valence-electron chi connectivity index (χ1n) is 11.8. The fourth-order valence-electron chi connectivity index (χ4n) is 4.52. The number of aromatic nitrogens is 1. The minimum Gasteiger partial charge on any atom is -0.379 e. The lowest BCUT2D eigenvalue weighted by Crippen LogP contribution is -2.45. The first kappa shape index (κ1) is 25.8. The van der Waals surface area contributed by atoms with Crippen LogP contribution in [0.2, 0.25) is 5.02 Å². The van der Waals surface area contributed by atoms with Gasteiger partial charge in [-0.3, -0.25) is 4.79 Å². The maximum atomic E-state index is 13.2. The molecule has 9 heteroatoms. The van der Waals surface area contributed by atoms with Crippen LogP contribution in [-0.4, -0.2) is 47.3 Å². The summed E-state index contributed by atoms with van der Waals surface area (Å²) in [5, 5.41) is 10.3. The van der Waals surface area contributed by atoms with Crippen LogP contribution >= 0.6 is 11.6 Å². The minimum atomic E-state index is -0.771. The summed E-state index contributed by atoms with van der Waals surface area (Å²) >= 11 is 6.07. The third-order valence-electron chi connectivity index (χ3n) is 6.35. The molecule has 1 saturated heterocycles. The molecular weight excluding hydrogens is 492 g/mol. The van der Waals surface area contributed by atoms with Crippen molar-refractivity contribution < 1.29 is 19.2 Å². The van der Waals surface area contributed by atoms with E-state index in [1.54, 1.807) is 30.2 Å². The summed E-state index contributed by atoms with van der Waals surface area (Å²) < 4.78 is 0. The normalized spacial score (nSPS) is 16.0. The number of benzene rings is 2. The molecule has 3 atom stereocenters. The van der Waals surface area contributed by atoms with Crippen molar-refractivity contribution in [1.29, 1.82) is 0 Å². The van der Waals surface area contributed by atoms with E-state index >= 15 is 0 Å². The lowest BCUT2D eigenvalue weighted by atomic mass is 9.95. The van der Waals surface area contributed by atoms with Gasteiger partial charge in [-0.1, -0.05) is 41.9 Å². The summed E-state index contributed by atoms with van der Waals surface area (Å²) in [4.78, 5) is 50.9. The fourth-order valence-corrected chi connectivity index (χ4v) is 4.70. The molecule has 0 spiro atoms. The van der Waals surface area contributed by atoms with Crippen LogP contribution in [0.25, 0.3) is 10.9 Å². The van der Waals surface area contributed by atoms with Gasteiger partial charge in [0.25, 0.3) is 5.91 Å². The summed E-state index contributed by atoms with van der Waals surface area (Å²) in [6.45, 7) is 0.630. The highest BCUT2D eigenvalue weighted by Gasteiger charge is 2.27. The monoisotopic (exact) mass is 516 g/mol. The van der Waals surface area contributed by atoms with Gasteiger partial charge in [0.2, 0.25) is 0 Å². The molecule has 1 aliphatic rings. The molecule has 0 radical (unpaired) electrons. The molecule has 37 heavy (non-hydrogen) atoms. The number of aromatic amines is 1. The lowest BCUT2D eigenvalue weighted by Gasteiger charge is -2.25. The highest BCUT2D eigenvalue weighted by atomic mass is 35.5. The van der Waals surface area contributed by atoms with E-state index in [2.05, 4.69) is 20.9 Å². The molecule has 0 bridgehead atoms. The summed E-state index contributed by atoms with van der Waals surface area (Å²) in [6, 6.07) is 15.0. The van der Waals surface area contributed by atoms with Crippen LogP contribution in [0.1, 0.15) is 28.9 Å². The van der Waals surface area contributed by atoms with Gasteiger partial charge in [0.15, 0.2) is 0 Å². The van der Waals surface area contributed by atoms with E-state index in [9.17, 15) is 19.2 Å². The van der Waals surface area contributed by atoms with Crippen LogP contribution in [0.4, 0.5) is 0 Å². The highest BCUT2D eigenvalue weighted by molar-refractivity contribution is 6.31. The van der Waals surface area contributed by atoms with Crippen LogP contribution in [0.3, 0.4) is 0 Å². The Kier molecular flexibility index (Phi) is 8.42. The van der Waals surface area contributed by atoms with Gasteiger partial charge in [0.05, 0.1) is 17.8 Å². The van der Waals surface area contributed by atoms with Gasteiger partial charge in [0.1, 0.15) is 29.2 Å². The summed E-state index contributed by atoms with van der Waals surface area (Å²) in [7, 11) is 0. The van der Waals surface area contributed by atoms with Crippen molar-refractivity contribution in [1.82, 2.24) is 20.9 Å². The number of rotatable bonds is 10. The molecule has 1 fully saturated rings. The molecule has 4 rings (SSSR count). The minimum absolute atomic E-state index is 0.0791. The molecule has 0 aliphatic carbocycles. The van der Waals surface area contributed by atoms with Gasteiger partial charge in [-0.25, -0.2) is 14.4 Å². The molecule has 1 amide bonds. The van der Waals surface area contributed by atoms with E-state index in [4.69, 9.17) is 11.6 Å². The first-order chi connectivity index (χ1) is 18.0. The molecular formula is C28H25ClN4O4. The molecule has 4 N–H and O–H groups in total. The molecule has 2 aromatic carbocycles. The average Bonchev–Trinajstić information content (AvgIpc) is 3.53. The van der Waals surface area contributed by atoms with E-state index < -0.39 is 18.0 Å². The number of halogens is 1. The predicted octanol–water partition coefficient (Wildman–Crippen LogP) is 2.94. The number of amides is 1. The molecule has 0 unspecified atom stereocenters. The summed E-state index contributed by atoms with van der Waals surface area (Å²) in [5.74, 6) is 5.02. The van der Waals surface area contributed by atoms with Crippen LogP contribution in [0, 0.1) is 5.92 Å². The van der Waals surface area contributed by atoms with Crippen LogP contribution in [0.15, 0.2) is 72.1 Å². The maximum absolute atomic E-state index is 13.2. The van der Waals surface area contributed by atoms with Gasteiger partial charge >= 0.3 is 0 Å². The van der Waals surface area contributed by atoms with Crippen molar-refractivity contribution in [2.24, 2.45) is 5.92 Å². The Labute approximate surface area is 218 Å². The van der Waals surface area contributed by atoms with Crippen molar-refractivity contribution in [2.75, 3.05) is 6.54 Å². The Bertz CT molecular complexity index is 1430. The quantitative estimate of drug-likeness (QED) is 0.308. The molecule has 1 aliphatic heterocycles. The lowest BCUT2D eigenvalue weighted by molar-refractivity contribution is 0.0937. The second kappa shape index (κ2) is 12.1. The largest absolute Gasteiger partial charge is 0.379 e. The van der Waals surface area contributed by atoms with E-state index in [-0.39, 0.29) is 11.6 Å². The SMILES string of the molecule is O=C=C[C@H](C[C@@H]1CCNC1=C=O)NC(=C=O)[C@H](Cc1ccccc1)NC(=O)c1cc2cc(Cl)ccc2[nH]1. The topological polar surface area (TPSA) is 120 Å². The summed E-state index contributed by atoms with van der Waals surface area (Å²) in [5.41, 5.74) is 2.46. The predicted molar refractivity (Wildman–Crippen MR) is 141 cm³/mol. The number of H-pyrrole nitrogens is 1. The third-order valence-corrected chi connectivity index (χ3v) is 6.58. The zero-order valence-electron chi connectivity index (χ0n) is 19.8. The van der Waals surface area contributed by atoms with E-state index in [1.807, 2.05) is 42.2 Å². The van der Waals surface area contributed by atoms with Crippen LogP contribution in [-0.2, 0) is 20.8 Å². The van der Waals surface area contributed by atoms with Crippen molar-refractivity contribution in [3.05, 3.63) is 88.3 Å². The zero-order chi connectivity index (χ0) is 26.2. The molecule has 1 aromatic heterocycles. The van der Waals surface area contributed by atoms with E-state index in [0.29, 0.717) is 42.2 Å². The van der Waals surface area contributed by atoms with Crippen molar-refractivity contribution in [3.63, 3.8) is 0 Å². The number of allylic oxidation sites excluding steroid dienone is 1. The second-order valence-electron chi connectivity index (χ2n) is 8.85. The Morgan fingerprint density at radius 2 is 1.92 bits per heavy atom. The average molecular weight is 517 g/mol. The van der Waals surface area contributed by atoms with E-state index in [1.165, 1.54) is 6.08 Å². The number of carbonyl (C=O) groups excluding carboxylic acids is 4. The Morgan fingerprint density at radius 3 is 2.65 bits per heavy atom. The molecule has 0 saturated carbocycles. The zero-order valence-corrected chi connectivity index (χ0v) is 20.6. The van der Waals surface area contributed by atoms with Gasteiger partial charge in [-0.15, -0.1) is 0 Å². The smallest absolute Gasteiger partial charge is 0.268 e. The number of carbonyl (C=O) groups is 1. The summed E-state index contributed by atoms with van der Waals surface area (Å²) in [6.07, 6.45) is 2.63. The van der Waals surface area contributed by atoms with Crippen LogP contribution in [0.5, 0.6) is 0 Å². The maximum Gasteiger partial charge on any atom is 0.268 e. The Balaban J connectivity index is 1.58. The highest BCUT2D eigenvalue weighted by Crippen LogP contribution is 2.24. The van der Waals surface area contributed by atoms with Crippen molar-refractivity contribution in [2.45, 2.75) is 31.3 Å². The fraction of sp³-hybridized carbons (Fsp3) is 0.250. The number of fused-ring (bicyclic) bond motifs is 1. The van der Waals surface area contributed by atoms with Gasteiger partial charge in [-0.2, -0.15) is 0 Å². The number of hydrogen-bond donors (Lipinski definition) is 4. The van der Waals surface area contributed by atoms with E-state index in [0.717, 1.165) is 16.5 Å². The molecule has 188 valence electrons. The Hall–Kier alpha value is -4.31. The Morgan fingerprint density at radius 1 is 1.11 bits per heavy atom.